The van der Waals surface area contributed by atoms with Gasteiger partial charge in [-0.3, -0.25) is 4.79 Å². The van der Waals surface area contributed by atoms with E-state index in [1.54, 1.807) is 0 Å². The number of carboxylic acids is 1. The molecule has 0 aromatic heterocycles. The molecule has 1 aliphatic rings. The van der Waals surface area contributed by atoms with Crippen molar-refractivity contribution in [3.05, 3.63) is 30.3 Å². The Bertz CT molecular complexity index is 433. The minimum absolute atomic E-state index is 0.243. The molecule has 2 N–H and O–H groups in total. The third-order valence-electron chi connectivity index (χ3n) is 3.74. The molecule has 0 amide bonds. The molecule has 110 valence electrons. The summed E-state index contributed by atoms with van der Waals surface area (Å²) in [6, 6.07) is 10.3. The molecule has 1 aromatic carbocycles. The molecule has 2 unspecified atom stereocenters. The van der Waals surface area contributed by atoms with Crippen LogP contribution in [0.15, 0.2) is 30.3 Å². The number of rotatable bonds is 5. The zero-order chi connectivity index (χ0) is 14.5. The highest BCUT2D eigenvalue weighted by Crippen LogP contribution is 2.23. The van der Waals surface area contributed by atoms with Gasteiger partial charge in [-0.15, -0.1) is 0 Å². The minimum Gasteiger partial charge on any atom is -0.481 e. The lowest BCUT2D eigenvalue weighted by molar-refractivity contribution is -0.142. The first-order valence-electron chi connectivity index (χ1n) is 7.32. The van der Waals surface area contributed by atoms with Gasteiger partial charge in [0, 0.05) is 24.8 Å². The van der Waals surface area contributed by atoms with Crippen LogP contribution in [0.4, 0.5) is 5.69 Å². The highest BCUT2D eigenvalue weighted by atomic mass is 16.4. The normalized spacial score (nSPS) is 23.1. The number of anilines is 1. The van der Waals surface area contributed by atoms with E-state index in [0.29, 0.717) is 18.9 Å². The van der Waals surface area contributed by atoms with Crippen LogP contribution in [-0.2, 0) is 4.79 Å². The van der Waals surface area contributed by atoms with Crippen molar-refractivity contribution in [1.29, 1.82) is 0 Å². The molecule has 20 heavy (non-hydrogen) atoms. The van der Waals surface area contributed by atoms with Gasteiger partial charge in [0.05, 0.1) is 5.92 Å². The van der Waals surface area contributed by atoms with Crippen LogP contribution >= 0.6 is 0 Å². The Kier molecular flexibility index (Phi) is 5.01. The number of nitrogens with zero attached hydrogens (tertiary/aromatic N) is 1. The number of aliphatic carboxylic acids is 1. The zero-order valence-electron chi connectivity index (χ0n) is 12.2. The van der Waals surface area contributed by atoms with Gasteiger partial charge in [0.25, 0.3) is 0 Å². The standard InChI is InChI=1S/C16H24N2O2/c1-12(2)9-17-14-8-13(16(19)20)10-18(11-14)15-6-4-3-5-7-15/h3-7,12-14,17H,8-11H2,1-2H3,(H,19,20). The summed E-state index contributed by atoms with van der Waals surface area (Å²) in [7, 11) is 0. The van der Waals surface area contributed by atoms with Gasteiger partial charge in [-0.2, -0.15) is 0 Å². The Balaban J connectivity index is 2.06. The second-order valence-corrected chi connectivity index (χ2v) is 6.01. The van der Waals surface area contributed by atoms with E-state index in [2.05, 4.69) is 24.1 Å². The Morgan fingerprint density at radius 3 is 2.65 bits per heavy atom. The number of hydrogen-bond donors (Lipinski definition) is 2. The van der Waals surface area contributed by atoms with Crippen molar-refractivity contribution >= 4 is 11.7 Å². The molecule has 4 nitrogen and oxygen atoms in total. The predicted molar refractivity (Wildman–Crippen MR) is 81.0 cm³/mol. The lowest BCUT2D eigenvalue weighted by atomic mass is 9.93. The van der Waals surface area contributed by atoms with Crippen LogP contribution in [0.2, 0.25) is 0 Å². The van der Waals surface area contributed by atoms with Gasteiger partial charge < -0.3 is 15.3 Å². The van der Waals surface area contributed by atoms with Crippen molar-refractivity contribution in [3.63, 3.8) is 0 Å². The SMILES string of the molecule is CC(C)CNC1CC(C(=O)O)CN(c2ccccc2)C1. The topological polar surface area (TPSA) is 52.6 Å². The Morgan fingerprint density at radius 2 is 2.05 bits per heavy atom. The monoisotopic (exact) mass is 276 g/mol. The molecule has 1 aromatic rings. The first kappa shape index (κ1) is 14.9. The average molecular weight is 276 g/mol. The largest absolute Gasteiger partial charge is 0.481 e. The fourth-order valence-corrected chi connectivity index (χ4v) is 2.68. The molecule has 0 spiro atoms. The van der Waals surface area contributed by atoms with Crippen molar-refractivity contribution in [1.82, 2.24) is 5.32 Å². The van der Waals surface area contributed by atoms with Crippen molar-refractivity contribution < 1.29 is 9.90 Å². The van der Waals surface area contributed by atoms with E-state index in [4.69, 9.17) is 0 Å². The predicted octanol–water partition coefficient (Wildman–Crippen LogP) is 2.21. The summed E-state index contributed by atoms with van der Waals surface area (Å²) in [4.78, 5) is 13.5. The first-order chi connectivity index (χ1) is 9.56. The molecule has 2 rings (SSSR count). The van der Waals surface area contributed by atoms with Crippen molar-refractivity contribution in [3.8, 4) is 0 Å². The Hall–Kier alpha value is -1.55. The highest BCUT2D eigenvalue weighted by molar-refractivity contribution is 5.71. The zero-order valence-corrected chi connectivity index (χ0v) is 12.2. The summed E-state index contributed by atoms with van der Waals surface area (Å²) in [5.41, 5.74) is 1.11. The molecular formula is C16H24N2O2. The van der Waals surface area contributed by atoms with E-state index >= 15 is 0 Å². The van der Waals surface area contributed by atoms with Gasteiger partial charge in [0.1, 0.15) is 0 Å². The maximum Gasteiger partial charge on any atom is 0.308 e. The van der Waals surface area contributed by atoms with E-state index in [-0.39, 0.29) is 12.0 Å². The summed E-state index contributed by atoms with van der Waals surface area (Å²) < 4.78 is 0. The number of piperidine rings is 1. The van der Waals surface area contributed by atoms with Gasteiger partial charge in [-0.25, -0.2) is 0 Å². The van der Waals surface area contributed by atoms with Crippen LogP contribution in [0.25, 0.3) is 0 Å². The molecule has 0 aliphatic carbocycles. The van der Waals surface area contributed by atoms with Gasteiger partial charge >= 0.3 is 5.97 Å². The summed E-state index contributed by atoms with van der Waals surface area (Å²) in [5.74, 6) is -0.416. The van der Waals surface area contributed by atoms with E-state index in [1.165, 1.54) is 0 Å². The third-order valence-corrected chi connectivity index (χ3v) is 3.74. The number of carbonyl (C=O) groups is 1. The third kappa shape index (κ3) is 3.97. The molecule has 1 fully saturated rings. The molecule has 0 saturated carbocycles. The molecule has 4 heteroatoms. The van der Waals surface area contributed by atoms with Gasteiger partial charge in [0.15, 0.2) is 0 Å². The number of para-hydroxylation sites is 1. The fraction of sp³-hybridized carbons (Fsp3) is 0.562. The van der Waals surface area contributed by atoms with Crippen LogP contribution in [0.3, 0.4) is 0 Å². The summed E-state index contributed by atoms with van der Waals surface area (Å²) in [5, 5.41) is 12.8. The fourth-order valence-electron chi connectivity index (χ4n) is 2.68. The molecule has 2 atom stereocenters. The van der Waals surface area contributed by atoms with Crippen LogP contribution in [0.1, 0.15) is 20.3 Å². The van der Waals surface area contributed by atoms with Crippen LogP contribution < -0.4 is 10.2 Å². The Morgan fingerprint density at radius 1 is 1.35 bits per heavy atom. The van der Waals surface area contributed by atoms with Crippen molar-refractivity contribution in [2.75, 3.05) is 24.5 Å². The molecule has 1 aliphatic heterocycles. The molecule has 1 saturated heterocycles. The van der Waals surface area contributed by atoms with E-state index in [0.717, 1.165) is 18.8 Å². The van der Waals surface area contributed by atoms with Crippen molar-refractivity contribution in [2.24, 2.45) is 11.8 Å². The molecule has 0 radical (unpaired) electrons. The number of benzene rings is 1. The lowest BCUT2D eigenvalue weighted by Gasteiger charge is -2.38. The number of carboxylic acid groups (broad SMARTS) is 1. The van der Waals surface area contributed by atoms with E-state index < -0.39 is 5.97 Å². The van der Waals surface area contributed by atoms with Gasteiger partial charge in [-0.1, -0.05) is 32.0 Å². The van der Waals surface area contributed by atoms with E-state index in [1.807, 2.05) is 30.3 Å². The second kappa shape index (κ2) is 6.75. The lowest BCUT2D eigenvalue weighted by Crippen LogP contribution is -2.51. The maximum absolute atomic E-state index is 11.4. The summed E-state index contributed by atoms with van der Waals surface area (Å²) in [6.45, 7) is 6.73. The van der Waals surface area contributed by atoms with Gasteiger partial charge in [-0.05, 0) is 31.0 Å². The van der Waals surface area contributed by atoms with Crippen LogP contribution in [-0.4, -0.2) is 36.8 Å². The van der Waals surface area contributed by atoms with Crippen LogP contribution in [0.5, 0.6) is 0 Å². The number of nitrogens with one attached hydrogen (secondary N) is 1. The van der Waals surface area contributed by atoms with Crippen molar-refractivity contribution in [2.45, 2.75) is 26.3 Å². The smallest absolute Gasteiger partial charge is 0.308 e. The minimum atomic E-state index is -0.693. The first-order valence-corrected chi connectivity index (χ1v) is 7.32. The average Bonchev–Trinajstić information content (AvgIpc) is 2.45. The molecule has 1 heterocycles. The quantitative estimate of drug-likeness (QED) is 0.866. The molecular weight excluding hydrogens is 252 g/mol. The Labute approximate surface area is 120 Å². The number of hydrogen-bond acceptors (Lipinski definition) is 3. The van der Waals surface area contributed by atoms with E-state index in [9.17, 15) is 9.90 Å². The van der Waals surface area contributed by atoms with Crippen LogP contribution in [0, 0.1) is 11.8 Å². The maximum atomic E-state index is 11.4. The summed E-state index contributed by atoms with van der Waals surface area (Å²) in [6.07, 6.45) is 0.714. The summed E-state index contributed by atoms with van der Waals surface area (Å²) >= 11 is 0. The second-order valence-electron chi connectivity index (χ2n) is 6.01. The highest BCUT2D eigenvalue weighted by Gasteiger charge is 2.31. The van der Waals surface area contributed by atoms with Gasteiger partial charge in [0.2, 0.25) is 0 Å². The molecule has 0 bridgehead atoms.